The second-order valence-electron chi connectivity index (χ2n) is 35.1. The molecule has 0 saturated heterocycles. The van der Waals surface area contributed by atoms with Gasteiger partial charge in [-0.3, -0.25) is 29.2 Å². The van der Waals surface area contributed by atoms with Crippen molar-refractivity contribution in [3.8, 4) is 23.5 Å². The summed E-state index contributed by atoms with van der Waals surface area (Å²) in [5.41, 5.74) is 14.8. The third kappa shape index (κ3) is 50.9. The van der Waals surface area contributed by atoms with Crippen LogP contribution in [0.15, 0.2) is 256 Å². The second kappa shape index (κ2) is 59.4. The van der Waals surface area contributed by atoms with Crippen molar-refractivity contribution in [2.75, 3.05) is 30.7 Å². The number of halogens is 11. The zero-order valence-electron chi connectivity index (χ0n) is 80.0. The van der Waals surface area contributed by atoms with Crippen LogP contribution >= 0.6 is 187 Å². The number of rotatable bonds is 13. The predicted molar refractivity (Wildman–Crippen MR) is 614 cm³/mol. The molecule has 0 unspecified atom stereocenters. The van der Waals surface area contributed by atoms with Gasteiger partial charge in [-0.15, -0.1) is 11.1 Å². The summed E-state index contributed by atoms with van der Waals surface area (Å²) in [6.45, 7) is 47.4. The molecule has 12 rings (SSSR count). The zero-order valence-corrected chi connectivity index (χ0v) is 102. The molecule has 0 aliphatic rings. The van der Waals surface area contributed by atoms with Gasteiger partial charge < -0.3 is 28.3 Å². The Kier molecular flexibility index (Phi) is 56.5. The van der Waals surface area contributed by atoms with Crippen molar-refractivity contribution in [3.63, 3.8) is 0 Å². The number of nitrogens with zero attached hydrogens (tertiary/aromatic N) is 7. The number of pyridine rings is 6. The summed E-state index contributed by atoms with van der Waals surface area (Å²) >= 11 is 37.3. The van der Waals surface area contributed by atoms with E-state index in [4.69, 9.17) is 81.0 Å². The molecule has 5 aromatic carbocycles. The van der Waals surface area contributed by atoms with Crippen LogP contribution in [0.3, 0.4) is 0 Å². The predicted octanol–water partition coefficient (Wildman–Crippen LogP) is 27.2. The third-order valence-corrected chi connectivity index (χ3v) is 24.5. The number of nitrogens with two attached hydrogens (primary N) is 3. The van der Waals surface area contributed by atoms with Gasteiger partial charge in [-0.2, -0.15) is 50.7 Å². The first-order valence-electron chi connectivity index (χ1n) is 40.6. The molecule has 7 heterocycles. The van der Waals surface area contributed by atoms with Crippen molar-refractivity contribution in [2.24, 2.45) is 5.90 Å². The van der Waals surface area contributed by atoms with Crippen LogP contribution in [0.5, 0.6) is 0 Å². The maximum atomic E-state index is 13.0. The van der Waals surface area contributed by atoms with E-state index in [2.05, 4.69) is 318 Å². The van der Waals surface area contributed by atoms with E-state index in [9.17, 15) is 42.1 Å². The number of terminal acetylenes is 1. The van der Waals surface area contributed by atoms with Crippen LogP contribution in [-0.4, -0.2) is 83.4 Å². The molecule has 0 radical (unpaired) electrons. The number of aryl methyl sites for hydroxylation is 3. The van der Waals surface area contributed by atoms with Crippen molar-refractivity contribution in [3.05, 3.63) is 300 Å². The van der Waals surface area contributed by atoms with Gasteiger partial charge in [0.2, 0.25) is 0 Å². The normalized spacial score (nSPS) is 11.4. The molecule has 7 aromatic heterocycles. The number of alkyl halides is 3. The van der Waals surface area contributed by atoms with Gasteiger partial charge in [-0.1, -0.05) is 317 Å². The number of anilines is 4. The number of hydrogen-bond donors (Lipinski definition) is 6. The number of sulfonamides is 3. The fourth-order valence-electron chi connectivity index (χ4n) is 10.4. The molecule has 743 valence electrons. The van der Waals surface area contributed by atoms with Crippen molar-refractivity contribution in [1.82, 2.24) is 29.5 Å². The standard InChI is InChI=1S/C22H21ClN4O2S.C15H18ClN3O2S.C15H17ClN2O2S.C10H13ClO2S.C9H13NO3S.C7H5N.C5H5ClN2.2C4H9I.C3H6I.CH3I.2HI.V/c1-22(2,3)16-6-8-17(9-7-16)30(28,29)26-20-11-10-19(23)21-18(14-25-27(20)21)15-5-4-12-24-13-15;1-15(2,3)11-4-7-13(8-5-11)22(20,21)18-14-9-6-12(16)10-19(14)17;1-15(2,3)11-4-7-13(8-5-11)21(19,20)18-14-9-6-12(16)10-17-14;1-10(2,3)8-4-6-9(7-5-8)14(11,12)13;1-6-4-7(2)9(8(3)5-6)14(11,12)13-10;1-2-7-4-3-5-8-6-7;6-4-1-2-5(7)8-3-4;2*1-4(2,3)5;1-3(2)4;1-2;;;/h4-14,26H,1-3H3;4-10H,17H2,1-3H3;4-10H,1-3H3,(H,17,18);4-7H,1-3H3;4-5H,10H2,1-3H3;1,3-6H;1-3H,(H2,7,8);2*1-3H3;1-2H3;1H3;2*1H;/q;;;;;;;;;-1;;;;+2/p-1. The van der Waals surface area contributed by atoms with Crippen molar-refractivity contribution >= 4 is 265 Å². The van der Waals surface area contributed by atoms with Crippen LogP contribution in [0, 0.1) is 37.0 Å². The first-order valence-corrected chi connectivity index (χ1v) is 64.7. The summed E-state index contributed by atoms with van der Waals surface area (Å²) in [5.74, 6) is 14.1. The molecule has 0 amide bonds. The average Bonchev–Trinajstić information content (AvgIpc) is 1.61. The molecule has 9 N–H and O–H groups in total. The second-order valence-corrected chi connectivity index (χ2v) is 66.4. The Labute approximate surface area is 915 Å². The Hall–Kier alpha value is -4.82. The van der Waals surface area contributed by atoms with Crippen LogP contribution in [0.25, 0.3) is 16.6 Å². The van der Waals surface area contributed by atoms with Crippen LogP contribution in [0.1, 0.15) is 183 Å². The van der Waals surface area contributed by atoms with Crippen molar-refractivity contribution < 1.29 is 60.5 Å². The van der Waals surface area contributed by atoms with Gasteiger partial charge in [0.05, 0.1) is 46.5 Å². The summed E-state index contributed by atoms with van der Waals surface area (Å²) in [7, 11) is -12.7. The van der Waals surface area contributed by atoms with Gasteiger partial charge in [0.15, 0.2) is 0 Å². The first kappa shape index (κ1) is 129. The molecular weight excluding hydrogens is 2650 g/mol. The molecule has 0 spiro atoms. The molecule has 24 nitrogen and oxygen atoms in total. The summed E-state index contributed by atoms with van der Waals surface area (Å²) in [6.07, 6.45) is 17.8. The maximum absolute atomic E-state index is 13.0. The Morgan fingerprint density at radius 2 is 0.868 bits per heavy atom. The first-order chi connectivity index (χ1) is 62.4. The van der Waals surface area contributed by atoms with E-state index < -0.39 is 49.2 Å². The zero-order chi connectivity index (χ0) is 105. The van der Waals surface area contributed by atoms with Crippen LogP contribution < -0.4 is 36.3 Å². The minimum absolute atomic E-state index is 0.0204. The van der Waals surface area contributed by atoms with E-state index in [0.717, 1.165) is 49.2 Å². The summed E-state index contributed by atoms with van der Waals surface area (Å²) in [6, 6.07) is 50.8. The topological polar surface area (TPSA) is 367 Å². The van der Waals surface area contributed by atoms with E-state index in [1.807, 2.05) is 72.5 Å². The van der Waals surface area contributed by atoms with E-state index in [0.29, 0.717) is 64.7 Å². The molecule has 0 aliphatic carbocycles. The van der Waals surface area contributed by atoms with Crippen LogP contribution in [0.4, 0.5) is 23.3 Å². The minimum atomic E-state index is -3.80. The van der Waals surface area contributed by atoms with Gasteiger partial charge in [0.25, 0.3) is 29.1 Å². The number of nitrogen functional groups attached to an aromatic ring is 2. The van der Waals surface area contributed by atoms with Crippen LogP contribution in [0.2, 0.25) is 20.1 Å². The molecule has 0 atom stereocenters. The quantitative estimate of drug-likeness (QED) is 0.00912. The fraction of sp³-hybridized carbons (Fsp3) is 0.316. The number of nitrogens with one attached hydrogen (secondary N) is 3. The van der Waals surface area contributed by atoms with E-state index >= 15 is 0 Å². The SMILES string of the molecule is C#Cc1cccnc1.CC(C)(C)I.CC(C)(C)I.CC(C)(C)c1ccc(S(=O)(=O)Cl)cc1.CC(C)(C)c1ccc(S(=O)(=O)Nc2ccc(Cl)c3c(-c4cccnc4)cnn23)cc1.CC(C)(C)c1ccc(S(=O)(=O)Nc2ccc(Cl)c[n+]2N)cc1.CC(C)(C)c1ccc(S(=O)(=O)Nc2ccc(Cl)cn2)cc1.CI.C[C-](C)I.Cc1cc(C)c(S(=O)(=O)ON)c(C)c1.Nc1ccc(Cl)cn1.[I][V][I]. The molecule has 0 saturated carbocycles. The molecule has 0 bridgehead atoms. The summed E-state index contributed by atoms with van der Waals surface area (Å²) in [4.78, 5) is 18.4. The Morgan fingerprint density at radius 1 is 0.500 bits per heavy atom. The molecule has 136 heavy (non-hydrogen) atoms. The molecule has 41 heteroatoms. The average molecular weight is 2770 g/mol. The molecule has 12 aromatic rings. The van der Waals surface area contributed by atoms with Gasteiger partial charge in [0, 0.05) is 77.5 Å². The number of aromatic nitrogens is 7. The Bertz CT molecular complexity index is 6280. The summed E-state index contributed by atoms with van der Waals surface area (Å²) in [5, 5.41) is 6.30. The van der Waals surface area contributed by atoms with E-state index in [-0.39, 0.29) is 57.8 Å². The van der Waals surface area contributed by atoms with Gasteiger partial charge in [0.1, 0.15) is 33.4 Å². The van der Waals surface area contributed by atoms with Crippen molar-refractivity contribution in [2.45, 2.75) is 212 Å². The molecule has 0 fully saturated rings. The van der Waals surface area contributed by atoms with Gasteiger partial charge >= 0.3 is 75.4 Å². The Balaban J connectivity index is 0.000000792. The van der Waals surface area contributed by atoms with Gasteiger partial charge in [-0.25, -0.2) is 39.7 Å². The van der Waals surface area contributed by atoms with Crippen LogP contribution in [-0.2, 0) is 84.6 Å². The third-order valence-electron chi connectivity index (χ3n) is 16.6. The summed E-state index contributed by atoms with van der Waals surface area (Å²) < 4.78 is 136. The van der Waals surface area contributed by atoms with Gasteiger partial charge in [-0.05, 0) is 190 Å². The van der Waals surface area contributed by atoms with E-state index in [1.54, 1.807) is 142 Å². The number of fused-ring (bicyclic) bond motifs is 1. The number of benzene rings is 5. The van der Waals surface area contributed by atoms with E-state index in [1.165, 1.54) is 51.3 Å². The molecule has 0 aliphatic heterocycles. The number of hydrogen-bond acceptors (Lipinski definition) is 19. The Morgan fingerprint density at radius 3 is 1.18 bits per heavy atom. The molecular formula is C95H120Cl5I6N13O11S5V. The van der Waals surface area contributed by atoms with Crippen molar-refractivity contribution in [1.29, 1.82) is 0 Å². The fourth-order valence-corrected chi connectivity index (χ4v) is 16.0. The monoisotopic (exact) mass is 2770 g/mol.